The molecular weight excluding hydrogens is 384 g/mol. The van der Waals surface area contributed by atoms with Crippen molar-refractivity contribution in [2.75, 3.05) is 0 Å². The smallest absolute Gasteiger partial charge is 0.263 e. The van der Waals surface area contributed by atoms with Gasteiger partial charge in [-0.2, -0.15) is 5.10 Å². The molecule has 0 aliphatic carbocycles. The van der Waals surface area contributed by atoms with Crippen LogP contribution in [0.25, 0.3) is 21.3 Å². The zero-order chi connectivity index (χ0) is 20.2. The van der Waals surface area contributed by atoms with Gasteiger partial charge in [0.25, 0.3) is 11.5 Å². The number of hydrogen-bond donors (Lipinski definition) is 1. The summed E-state index contributed by atoms with van der Waals surface area (Å²) in [5.41, 5.74) is 4.92. The van der Waals surface area contributed by atoms with Gasteiger partial charge in [0.05, 0.1) is 17.9 Å². The van der Waals surface area contributed by atoms with E-state index >= 15 is 0 Å². The molecule has 2 aromatic heterocycles. The number of benzene rings is 2. The van der Waals surface area contributed by atoms with Gasteiger partial charge in [-0.1, -0.05) is 60.7 Å². The van der Waals surface area contributed by atoms with E-state index < -0.39 is 5.91 Å². The molecule has 4 aromatic rings. The number of hydrogen-bond acceptors (Lipinski definition) is 5. The molecule has 29 heavy (non-hydrogen) atoms. The minimum absolute atomic E-state index is 0.156. The number of aromatic nitrogens is 2. The zero-order valence-corrected chi connectivity index (χ0v) is 16.5. The monoisotopic (exact) mass is 402 g/mol. The normalized spacial score (nSPS) is 11.2. The summed E-state index contributed by atoms with van der Waals surface area (Å²) in [6.45, 7) is 1.82. The molecular formula is C22H18N4O2S. The van der Waals surface area contributed by atoms with Gasteiger partial charge >= 0.3 is 0 Å². The van der Waals surface area contributed by atoms with Crippen molar-refractivity contribution in [2.24, 2.45) is 5.10 Å². The number of thiophene rings is 1. The Labute approximate surface area is 171 Å². The molecule has 1 N–H and O–H groups in total. The van der Waals surface area contributed by atoms with Crippen molar-refractivity contribution in [3.8, 4) is 11.1 Å². The summed E-state index contributed by atoms with van der Waals surface area (Å²) in [6.07, 6.45) is 2.97. The lowest BCUT2D eigenvalue weighted by Gasteiger charge is -2.06. The van der Waals surface area contributed by atoms with E-state index in [-0.39, 0.29) is 12.1 Å². The summed E-state index contributed by atoms with van der Waals surface area (Å²) in [4.78, 5) is 31.4. The molecule has 0 aliphatic rings. The van der Waals surface area contributed by atoms with Gasteiger partial charge in [0.1, 0.15) is 11.4 Å². The van der Waals surface area contributed by atoms with Crippen LogP contribution in [-0.4, -0.2) is 21.7 Å². The Balaban J connectivity index is 1.60. The minimum atomic E-state index is -0.395. The fourth-order valence-corrected chi connectivity index (χ4v) is 4.11. The SMILES string of the molecule is Cc1sc2ncn(CC(=O)N/N=C\c3ccccc3)c(=O)c2c1-c1ccccc1. The van der Waals surface area contributed by atoms with E-state index in [1.807, 2.05) is 67.6 Å². The largest absolute Gasteiger partial charge is 0.289 e. The van der Waals surface area contributed by atoms with E-state index in [2.05, 4.69) is 15.5 Å². The van der Waals surface area contributed by atoms with Gasteiger partial charge in [-0.3, -0.25) is 14.2 Å². The molecule has 0 saturated carbocycles. The second-order valence-electron chi connectivity index (χ2n) is 6.46. The van der Waals surface area contributed by atoms with Gasteiger partial charge in [-0.15, -0.1) is 11.3 Å². The Hall–Kier alpha value is -3.58. The molecule has 0 bridgehead atoms. The predicted molar refractivity (Wildman–Crippen MR) is 116 cm³/mol. The molecule has 7 heteroatoms. The molecule has 2 heterocycles. The average Bonchev–Trinajstić information content (AvgIpc) is 3.08. The molecule has 6 nitrogen and oxygen atoms in total. The standard InChI is InChI=1S/C22H18N4O2S/c1-15-19(17-10-6-3-7-11-17)20-21(29-15)23-14-26(22(20)28)13-18(27)25-24-12-16-8-4-2-5-9-16/h2-12,14H,13H2,1H3,(H,25,27)/b24-12-. The molecule has 144 valence electrons. The van der Waals surface area contributed by atoms with Crippen molar-refractivity contribution in [1.29, 1.82) is 0 Å². The molecule has 0 radical (unpaired) electrons. The summed E-state index contributed by atoms with van der Waals surface area (Å²) in [7, 11) is 0. The van der Waals surface area contributed by atoms with Crippen LogP contribution in [0.2, 0.25) is 0 Å². The van der Waals surface area contributed by atoms with Crippen molar-refractivity contribution in [1.82, 2.24) is 15.0 Å². The Bertz CT molecular complexity index is 1240. The Morgan fingerprint density at radius 2 is 1.83 bits per heavy atom. The first-order valence-electron chi connectivity index (χ1n) is 9.04. The fraction of sp³-hybridized carbons (Fsp3) is 0.0909. The first-order valence-corrected chi connectivity index (χ1v) is 9.86. The van der Waals surface area contributed by atoms with Crippen molar-refractivity contribution < 1.29 is 4.79 Å². The molecule has 0 atom stereocenters. The van der Waals surface area contributed by atoms with E-state index in [0.29, 0.717) is 10.2 Å². The van der Waals surface area contributed by atoms with Crippen LogP contribution in [0.1, 0.15) is 10.4 Å². The maximum atomic E-state index is 13.1. The number of carbonyl (C=O) groups excluding carboxylic acids is 1. The topological polar surface area (TPSA) is 76.3 Å². The van der Waals surface area contributed by atoms with E-state index in [1.54, 1.807) is 6.21 Å². The van der Waals surface area contributed by atoms with Crippen LogP contribution in [0, 0.1) is 6.92 Å². The van der Waals surface area contributed by atoms with Crippen LogP contribution in [0.15, 0.2) is 76.9 Å². The van der Waals surface area contributed by atoms with Crippen molar-refractivity contribution >= 4 is 33.7 Å². The van der Waals surface area contributed by atoms with Crippen molar-refractivity contribution in [2.45, 2.75) is 13.5 Å². The number of carbonyl (C=O) groups is 1. The molecule has 0 spiro atoms. The highest BCUT2D eigenvalue weighted by Crippen LogP contribution is 2.35. The molecule has 0 aliphatic heterocycles. The van der Waals surface area contributed by atoms with Crippen LogP contribution < -0.4 is 11.0 Å². The highest BCUT2D eigenvalue weighted by Gasteiger charge is 2.17. The number of fused-ring (bicyclic) bond motifs is 1. The molecule has 2 aromatic carbocycles. The second kappa shape index (κ2) is 8.20. The number of nitrogens with one attached hydrogen (secondary N) is 1. The predicted octanol–water partition coefficient (Wildman–Crippen LogP) is 3.58. The highest BCUT2D eigenvalue weighted by atomic mass is 32.1. The Morgan fingerprint density at radius 3 is 2.55 bits per heavy atom. The van der Waals surface area contributed by atoms with Gasteiger partial charge in [-0.05, 0) is 18.1 Å². The first-order chi connectivity index (χ1) is 14.1. The van der Waals surface area contributed by atoms with Crippen LogP contribution in [0.5, 0.6) is 0 Å². The van der Waals surface area contributed by atoms with Gasteiger partial charge in [0.15, 0.2) is 0 Å². The summed E-state index contributed by atoms with van der Waals surface area (Å²) in [5.74, 6) is -0.395. The van der Waals surface area contributed by atoms with Crippen LogP contribution in [0.3, 0.4) is 0 Å². The fourth-order valence-electron chi connectivity index (χ4n) is 3.11. The van der Waals surface area contributed by atoms with Crippen LogP contribution in [-0.2, 0) is 11.3 Å². The lowest BCUT2D eigenvalue weighted by atomic mass is 10.0. The Morgan fingerprint density at radius 1 is 1.14 bits per heavy atom. The summed E-state index contributed by atoms with van der Waals surface area (Å²) < 4.78 is 1.31. The highest BCUT2D eigenvalue weighted by molar-refractivity contribution is 7.19. The van der Waals surface area contributed by atoms with Crippen molar-refractivity contribution in [3.05, 3.63) is 87.8 Å². The number of amides is 1. The van der Waals surface area contributed by atoms with Crippen molar-refractivity contribution in [3.63, 3.8) is 0 Å². The summed E-state index contributed by atoms with van der Waals surface area (Å²) in [5, 5.41) is 4.48. The van der Waals surface area contributed by atoms with Crippen LogP contribution in [0.4, 0.5) is 0 Å². The number of hydrazone groups is 1. The maximum Gasteiger partial charge on any atom is 0.263 e. The second-order valence-corrected chi connectivity index (χ2v) is 7.66. The molecule has 4 rings (SSSR count). The third kappa shape index (κ3) is 4.00. The lowest BCUT2D eigenvalue weighted by Crippen LogP contribution is -2.30. The van der Waals surface area contributed by atoms with E-state index in [9.17, 15) is 9.59 Å². The van der Waals surface area contributed by atoms with Gasteiger partial charge < -0.3 is 0 Å². The van der Waals surface area contributed by atoms with E-state index in [0.717, 1.165) is 21.6 Å². The molecule has 0 saturated heterocycles. The zero-order valence-electron chi connectivity index (χ0n) is 15.7. The molecule has 0 unspecified atom stereocenters. The Kier molecular flexibility index (Phi) is 5.31. The maximum absolute atomic E-state index is 13.1. The van der Waals surface area contributed by atoms with E-state index in [4.69, 9.17) is 0 Å². The lowest BCUT2D eigenvalue weighted by molar-refractivity contribution is -0.121. The molecule has 0 fully saturated rings. The third-order valence-electron chi connectivity index (χ3n) is 4.43. The molecule has 1 amide bonds. The third-order valence-corrected chi connectivity index (χ3v) is 5.45. The van der Waals surface area contributed by atoms with Crippen LogP contribution >= 0.6 is 11.3 Å². The van der Waals surface area contributed by atoms with Gasteiger partial charge in [-0.25, -0.2) is 10.4 Å². The summed E-state index contributed by atoms with van der Waals surface area (Å²) in [6, 6.07) is 19.2. The quantitative estimate of drug-likeness (QED) is 0.409. The minimum Gasteiger partial charge on any atom is -0.289 e. The summed E-state index contributed by atoms with van der Waals surface area (Å²) >= 11 is 1.48. The van der Waals surface area contributed by atoms with Gasteiger partial charge in [0.2, 0.25) is 0 Å². The van der Waals surface area contributed by atoms with E-state index in [1.165, 1.54) is 22.2 Å². The number of rotatable bonds is 5. The number of aryl methyl sites for hydroxylation is 1. The van der Waals surface area contributed by atoms with Gasteiger partial charge in [0, 0.05) is 10.4 Å². The number of nitrogens with zero attached hydrogens (tertiary/aromatic N) is 3. The first kappa shape index (κ1) is 18.8. The average molecular weight is 402 g/mol.